The van der Waals surface area contributed by atoms with E-state index in [1.165, 1.54) is 38.5 Å². The van der Waals surface area contributed by atoms with Crippen LogP contribution in [0.2, 0.25) is 0 Å². The normalized spacial score (nSPS) is 21.7. The molecule has 0 aromatic rings. The highest BCUT2D eigenvalue weighted by Gasteiger charge is 2.29. The van der Waals surface area contributed by atoms with Crippen molar-refractivity contribution in [2.75, 3.05) is 6.61 Å². The standard InChI is InChI=1S/C16H33NO2S/c1-5-6-7-8-9-10-11-14(12-15-13-19-15)17-20(18)16(2,3)4/h14-15,17H,5-13H2,1-4H3/t14-,15+,20-/m1/s1. The lowest BCUT2D eigenvalue weighted by molar-refractivity contribution is 0.363. The summed E-state index contributed by atoms with van der Waals surface area (Å²) < 4.78 is 20.7. The van der Waals surface area contributed by atoms with Crippen LogP contribution in [0.25, 0.3) is 0 Å². The van der Waals surface area contributed by atoms with E-state index < -0.39 is 11.0 Å². The fourth-order valence-electron chi connectivity index (χ4n) is 2.25. The Balaban J connectivity index is 2.23. The van der Waals surface area contributed by atoms with Gasteiger partial charge in [0.05, 0.1) is 28.4 Å². The van der Waals surface area contributed by atoms with Crippen molar-refractivity contribution in [2.24, 2.45) is 0 Å². The molecule has 0 saturated carbocycles. The van der Waals surface area contributed by atoms with Gasteiger partial charge in [-0.2, -0.15) is 0 Å². The van der Waals surface area contributed by atoms with Crippen LogP contribution >= 0.6 is 0 Å². The second-order valence-corrected chi connectivity index (χ2v) is 8.94. The van der Waals surface area contributed by atoms with E-state index in [0.717, 1.165) is 19.4 Å². The maximum atomic E-state index is 12.2. The predicted octanol–water partition coefficient (Wildman–Crippen LogP) is 3.95. The monoisotopic (exact) mass is 303 g/mol. The van der Waals surface area contributed by atoms with Gasteiger partial charge in [0.2, 0.25) is 0 Å². The lowest BCUT2D eigenvalue weighted by atomic mass is 10.0. The van der Waals surface area contributed by atoms with Gasteiger partial charge in [0.15, 0.2) is 0 Å². The van der Waals surface area contributed by atoms with E-state index in [4.69, 9.17) is 4.74 Å². The van der Waals surface area contributed by atoms with Crippen LogP contribution in [0, 0.1) is 0 Å². The van der Waals surface area contributed by atoms with Crippen LogP contribution in [0.3, 0.4) is 0 Å². The Kier molecular flexibility index (Phi) is 8.30. The first-order chi connectivity index (χ1) is 9.43. The lowest BCUT2D eigenvalue weighted by Crippen LogP contribution is -2.40. The Bertz CT molecular complexity index is 285. The second kappa shape index (κ2) is 9.16. The van der Waals surface area contributed by atoms with Gasteiger partial charge >= 0.3 is 0 Å². The van der Waals surface area contributed by atoms with E-state index in [1.807, 2.05) is 20.8 Å². The summed E-state index contributed by atoms with van der Waals surface area (Å²) in [5.74, 6) is 0. The number of hydrogen-bond acceptors (Lipinski definition) is 2. The molecule has 0 bridgehead atoms. The molecule has 1 N–H and O–H groups in total. The fraction of sp³-hybridized carbons (Fsp3) is 1.00. The molecular formula is C16H33NO2S. The van der Waals surface area contributed by atoms with Gasteiger partial charge in [0.25, 0.3) is 0 Å². The SMILES string of the molecule is CCCCCCCC[C@H](C[C@H]1CO1)N[S@](=O)C(C)(C)C. The highest BCUT2D eigenvalue weighted by Crippen LogP contribution is 2.21. The van der Waals surface area contributed by atoms with E-state index in [9.17, 15) is 4.21 Å². The minimum atomic E-state index is -0.972. The maximum absolute atomic E-state index is 12.2. The summed E-state index contributed by atoms with van der Waals surface area (Å²) in [6.07, 6.45) is 10.4. The smallest absolute Gasteiger partial charge is 0.0972 e. The fourth-order valence-corrected chi connectivity index (χ4v) is 3.12. The molecule has 1 aliphatic rings. The largest absolute Gasteiger partial charge is 0.373 e. The van der Waals surface area contributed by atoms with E-state index in [2.05, 4.69) is 11.6 Å². The molecule has 0 spiro atoms. The molecule has 1 fully saturated rings. The maximum Gasteiger partial charge on any atom is 0.0972 e. The van der Waals surface area contributed by atoms with Crippen molar-refractivity contribution in [3.8, 4) is 0 Å². The van der Waals surface area contributed by atoms with Crippen LogP contribution < -0.4 is 4.72 Å². The molecular weight excluding hydrogens is 270 g/mol. The summed E-state index contributed by atoms with van der Waals surface area (Å²) in [6.45, 7) is 9.19. The van der Waals surface area contributed by atoms with E-state index in [1.54, 1.807) is 0 Å². The van der Waals surface area contributed by atoms with Crippen molar-refractivity contribution in [3.05, 3.63) is 0 Å². The summed E-state index contributed by atoms with van der Waals surface area (Å²) in [4.78, 5) is 0. The molecule has 3 nitrogen and oxygen atoms in total. The molecule has 0 unspecified atom stereocenters. The van der Waals surface area contributed by atoms with Gasteiger partial charge in [-0.15, -0.1) is 0 Å². The van der Waals surface area contributed by atoms with E-state index in [0.29, 0.717) is 12.1 Å². The molecule has 4 heteroatoms. The quantitative estimate of drug-likeness (QED) is 0.464. The van der Waals surface area contributed by atoms with Crippen molar-refractivity contribution < 1.29 is 8.95 Å². The van der Waals surface area contributed by atoms with Gasteiger partial charge in [-0.1, -0.05) is 45.4 Å². The van der Waals surface area contributed by atoms with E-state index in [-0.39, 0.29) is 4.75 Å². The van der Waals surface area contributed by atoms with Gasteiger partial charge in [0, 0.05) is 6.04 Å². The molecule has 120 valence electrons. The van der Waals surface area contributed by atoms with Crippen LogP contribution in [0.4, 0.5) is 0 Å². The first-order valence-electron chi connectivity index (χ1n) is 8.23. The van der Waals surface area contributed by atoms with Crippen LogP contribution in [-0.4, -0.2) is 27.7 Å². The average Bonchev–Trinajstić information content (AvgIpc) is 3.16. The molecule has 1 rings (SSSR count). The first-order valence-corrected chi connectivity index (χ1v) is 9.38. The minimum Gasteiger partial charge on any atom is -0.373 e. The van der Waals surface area contributed by atoms with Gasteiger partial charge in [0.1, 0.15) is 0 Å². The zero-order chi connectivity index (χ0) is 15.0. The van der Waals surface area contributed by atoms with Crippen LogP contribution in [0.1, 0.15) is 79.1 Å². The molecule has 1 saturated heterocycles. The summed E-state index contributed by atoms with van der Waals surface area (Å²) in [5, 5.41) is 0. The Morgan fingerprint density at radius 3 is 2.35 bits per heavy atom. The highest BCUT2D eigenvalue weighted by molar-refractivity contribution is 7.84. The zero-order valence-corrected chi connectivity index (χ0v) is 14.6. The van der Waals surface area contributed by atoms with Gasteiger partial charge in [-0.3, -0.25) is 0 Å². The van der Waals surface area contributed by atoms with Crippen LogP contribution in [0.15, 0.2) is 0 Å². The Hall–Kier alpha value is 0.0700. The van der Waals surface area contributed by atoms with Crippen molar-refractivity contribution in [1.82, 2.24) is 4.72 Å². The highest BCUT2D eigenvalue weighted by atomic mass is 32.2. The van der Waals surface area contributed by atoms with Crippen molar-refractivity contribution >= 4 is 11.0 Å². The molecule has 0 radical (unpaired) electrons. The molecule has 1 heterocycles. The van der Waals surface area contributed by atoms with E-state index >= 15 is 0 Å². The number of ether oxygens (including phenoxy) is 1. The molecule has 0 amide bonds. The van der Waals surface area contributed by atoms with Gasteiger partial charge in [-0.05, 0) is 33.6 Å². The molecule has 0 aromatic carbocycles. The van der Waals surface area contributed by atoms with Crippen LogP contribution in [0.5, 0.6) is 0 Å². The summed E-state index contributed by atoms with van der Waals surface area (Å²) in [6, 6.07) is 0.341. The number of nitrogens with one attached hydrogen (secondary N) is 1. The number of epoxide rings is 1. The number of rotatable bonds is 11. The number of unbranched alkanes of at least 4 members (excludes halogenated alkanes) is 5. The second-order valence-electron chi connectivity index (χ2n) is 6.94. The molecule has 3 atom stereocenters. The molecule has 0 aliphatic carbocycles. The zero-order valence-electron chi connectivity index (χ0n) is 13.7. The third kappa shape index (κ3) is 8.38. The Morgan fingerprint density at radius 2 is 1.80 bits per heavy atom. The molecule has 20 heavy (non-hydrogen) atoms. The summed E-state index contributed by atoms with van der Waals surface area (Å²) >= 11 is 0. The topological polar surface area (TPSA) is 41.6 Å². The molecule has 1 aliphatic heterocycles. The van der Waals surface area contributed by atoms with Crippen molar-refractivity contribution in [3.63, 3.8) is 0 Å². The minimum absolute atomic E-state index is 0.191. The third-order valence-corrected chi connectivity index (χ3v) is 5.35. The average molecular weight is 304 g/mol. The Morgan fingerprint density at radius 1 is 1.20 bits per heavy atom. The van der Waals surface area contributed by atoms with Gasteiger partial charge in [-0.25, -0.2) is 8.93 Å². The number of hydrogen-bond donors (Lipinski definition) is 1. The van der Waals surface area contributed by atoms with Crippen LogP contribution in [-0.2, 0) is 15.7 Å². The molecule has 0 aromatic heterocycles. The lowest BCUT2D eigenvalue weighted by Gasteiger charge is -2.24. The first kappa shape index (κ1) is 18.1. The summed E-state index contributed by atoms with van der Waals surface area (Å²) in [7, 11) is -0.972. The third-order valence-electron chi connectivity index (χ3n) is 3.69. The Labute approximate surface area is 127 Å². The predicted molar refractivity (Wildman–Crippen MR) is 87.2 cm³/mol. The summed E-state index contributed by atoms with van der Waals surface area (Å²) in [5.41, 5.74) is 0. The van der Waals surface area contributed by atoms with Crippen molar-refractivity contribution in [1.29, 1.82) is 0 Å². The van der Waals surface area contributed by atoms with Gasteiger partial charge < -0.3 is 4.74 Å². The van der Waals surface area contributed by atoms with Crippen molar-refractivity contribution in [2.45, 2.75) is 96.0 Å².